The zero-order valence-corrected chi connectivity index (χ0v) is 15.3. The highest BCUT2D eigenvalue weighted by Gasteiger charge is 2.24. The van der Waals surface area contributed by atoms with Crippen molar-refractivity contribution >= 4 is 21.9 Å². The van der Waals surface area contributed by atoms with E-state index in [0.717, 1.165) is 19.3 Å². The molecule has 2 rings (SSSR count). The minimum Gasteiger partial charge on any atom is -0.455 e. The minimum atomic E-state index is -4.03. The van der Waals surface area contributed by atoms with Crippen molar-refractivity contribution in [3.63, 3.8) is 0 Å². The highest BCUT2D eigenvalue weighted by molar-refractivity contribution is 7.89. The summed E-state index contributed by atoms with van der Waals surface area (Å²) in [4.78, 5) is 25.3. The summed E-state index contributed by atoms with van der Waals surface area (Å²) in [5.41, 5.74) is -0.0253. The molecule has 26 heavy (non-hydrogen) atoms. The number of carbonyl (C=O) groups excluding carboxylic acids is 2. The van der Waals surface area contributed by atoms with Crippen LogP contribution in [-0.4, -0.2) is 50.9 Å². The van der Waals surface area contributed by atoms with E-state index >= 15 is 0 Å². The molecule has 1 saturated heterocycles. The second kappa shape index (κ2) is 8.78. The van der Waals surface area contributed by atoms with E-state index < -0.39 is 29.1 Å². The van der Waals surface area contributed by atoms with Crippen molar-refractivity contribution in [1.29, 1.82) is 5.26 Å². The smallest absolute Gasteiger partial charge is 0.321 e. The Hall–Kier alpha value is -2.44. The molecule has 0 radical (unpaired) electrons. The van der Waals surface area contributed by atoms with Gasteiger partial charge in [-0.25, -0.2) is 8.42 Å². The van der Waals surface area contributed by atoms with Gasteiger partial charge in [0.05, 0.1) is 10.5 Å². The summed E-state index contributed by atoms with van der Waals surface area (Å²) >= 11 is 0. The fourth-order valence-corrected chi connectivity index (χ4v) is 3.89. The van der Waals surface area contributed by atoms with Gasteiger partial charge >= 0.3 is 5.97 Å². The van der Waals surface area contributed by atoms with E-state index in [1.807, 2.05) is 6.92 Å². The molecule has 9 heteroatoms. The molecule has 140 valence electrons. The van der Waals surface area contributed by atoms with Crippen molar-refractivity contribution < 1.29 is 22.7 Å². The van der Waals surface area contributed by atoms with Crippen LogP contribution in [0, 0.1) is 11.3 Å². The Balaban J connectivity index is 1.86. The summed E-state index contributed by atoms with van der Waals surface area (Å²) in [6, 6.07) is 7.55. The summed E-state index contributed by atoms with van der Waals surface area (Å²) in [6.07, 6.45) is 2.90. The van der Waals surface area contributed by atoms with Gasteiger partial charge in [0.1, 0.15) is 12.6 Å². The number of benzene rings is 1. The molecule has 1 aliphatic rings. The molecule has 1 N–H and O–H groups in total. The Labute approximate surface area is 152 Å². The number of hydrogen-bond donors (Lipinski definition) is 1. The van der Waals surface area contributed by atoms with Crippen LogP contribution in [0.25, 0.3) is 0 Å². The van der Waals surface area contributed by atoms with Gasteiger partial charge < -0.3 is 9.64 Å². The standard InChI is InChI=1S/C17H21N3O5S/c1-13-6-4-5-9-20(13)16(21)12-25-17(22)11-19-26(23,24)15-8-3-2-7-14(15)10-18/h2-3,7-8,13,19H,4-6,9,11-12H2,1H3/t13-/m1/s1. The van der Waals surface area contributed by atoms with Gasteiger partial charge in [-0.3, -0.25) is 9.59 Å². The van der Waals surface area contributed by atoms with E-state index in [4.69, 9.17) is 10.00 Å². The van der Waals surface area contributed by atoms with Crippen LogP contribution in [0.1, 0.15) is 31.7 Å². The molecule has 1 atom stereocenters. The maximum absolute atomic E-state index is 12.2. The normalized spacial score (nSPS) is 17.4. The van der Waals surface area contributed by atoms with Crippen molar-refractivity contribution in [2.24, 2.45) is 0 Å². The summed E-state index contributed by atoms with van der Waals surface area (Å²) in [7, 11) is -4.03. The zero-order valence-electron chi connectivity index (χ0n) is 14.5. The molecule has 1 heterocycles. The van der Waals surface area contributed by atoms with Crippen LogP contribution in [0.2, 0.25) is 0 Å². The zero-order chi connectivity index (χ0) is 19.2. The van der Waals surface area contributed by atoms with E-state index in [0.29, 0.717) is 6.54 Å². The first-order valence-electron chi connectivity index (χ1n) is 8.29. The lowest BCUT2D eigenvalue weighted by Gasteiger charge is -2.33. The number of amides is 1. The number of rotatable bonds is 6. The first kappa shape index (κ1) is 19.9. The fraction of sp³-hybridized carbons (Fsp3) is 0.471. The Morgan fingerprint density at radius 2 is 2.08 bits per heavy atom. The highest BCUT2D eigenvalue weighted by atomic mass is 32.2. The Morgan fingerprint density at radius 3 is 2.77 bits per heavy atom. The number of ether oxygens (including phenoxy) is 1. The summed E-state index contributed by atoms with van der Waals surface area (Å²) in [6.45, 7) is 1.54. The number of esters is 1. The number of nitrogens with zero attached hydrogens (tertiary/aromatic N) is 2. The van der Waals surface area contributed by atoms with Gasteiger partial charge in [0, 0.05) is 12.6 Å². The fourth-order valence-electron chi connectivity index (χ4n) is 2.77. The Kier molecular flexibility index (Phi) is 6.71. The number of sulfonamides is 1. The second-order valence-electron chi connectivity index (χ2n) is 6.03. The number of likely N-dealkylation sites (tertiary alicyclic amines) is 1. The van der Waals surface area contributed by atoms with E-state index in [-0.39, 0.29) is 22.4 Å². The molecule has 1 aromatic rings. The van der Waals surface area contributed by atoms with Gasteiger partial charge in [-0.1, -0.05) is 12.1 Å². The summed E-state index contributed by atoms with van der Waals surface area (Å²) in [5, 5.41) is 8.97. The molecule has 8 nitrogen and oxygen atoms in total. The number of piperidine rings is 1. The maximum atomic E-state index is 12.2. The predicted molar refractivity (Wildman–Crippen MR) is 92.3 cm³/mol. The van der Waals surface area contributed by atoms with Crippen LogP contribution in [0.5, 0.6) is 0 Å². The average Bonchev–Trinajstić information content (AvgIpc) is 2.64. The van der Waals surface area contributed by atoms with Crippen molar-refractivity contribution in [2.45, 2.75) is 37.1 Å². The molecule has 1 fully saturated rings. The number of nitrogens with one attached hydrogen (secondary N) is 1. The van der Waals surface area contributed by atoms with Gasteiger partial charge in [0.2, 0.25) is 10.0 Å². The van der Waals surface area contributed by atoms with Gasteiger partial charge in [0.15, 0.2) is 6.61 Å². The third kappa shape index (κ3) is 5.03. The van der Waals surface area contributed by atoms with Crippen LogP contribution in [0.3, 0.4) is 0 Å². The molecule has 1 amide bonds. The lowest BCUT2D eigenvalue weighted by atomic mass is 10.0. The molecule has 0 aliphatic carbocycles. The third-order valence-corrected chi connectivity index (χ3v) is 5.64. The van der Waals surface area contributed by atoms with Crippen molar-refractivity contribution in [1.82, 2.24) is 9.62 Å². The molecule has 1 aliphatic heterocycles. The average molecular weight is 379 g/mol. The van der Waals surface area contributed by atoms with E-state index in [1.165, 1.54) is 18.2 Å². The van der Waals surface area contributed by atoms with Crippen LogP contribution >= 0.6 is 0 Å². The minimum absolute atomic E-state index is 0.0253. The van der Waals surface area contributed by atoms with E-state index in [9.17, 15) is 18.0 Å². The predicted octanol–water partition coefficient (Wildman–Crippen LogP) is 0.781. The van der Waals surface area contributed by atoms with Gasteiger partial charge in [-0.2, -0.15) is 9.98 Å². The van der Waals surface area contributed by atoms with Crippen LogP contribution in [0.15, 0.2) is 29.2 Å². The first-order chi connectivity index (χ1) is 12.3. The van der Waals surface area contributed by atoms with Gasteiger partial charge in [0.25, 0.3) is 5.91 Å². The van der Waals surface area contributed by atoms with Crippen molar-refractivity contribution in [2.75, 3.05) is 19.7 Å². The summed E-state index contributed by atoms with van der Waals surface area (Å²) in [5.74, 6) is -1.15. The lowest BCUT2D eigenvalue weighted by molar-refractivity contribution is -0.152. The van der Waals surface area contributed by atoms with Crippen LogP contribution in [0.4, 0.5) is 0 Å². The number of nitriles is 1. The van der Waals surface area contributed by atoms with Gasteiger partial charge in [-0.15, -0.1) is 0 Å². The second-order valence-corrected chi connectivity index (χ2v) is 7.76. The molecular weight excluding hydrogens is 358 g/mol. The molecule has 0 spiro atoms. The molecule has 0 aromatic heterocycles. The molecule has 0 bridgehead atoms. The first-order valence-corrected chi connectivity index (χ1v) is 9.77. The molecule has 0 saturated carbocycles. The molecular formula is C17H21N3O5S. The van der Waals surface area contributed by atoms with Crippen LogP contribution in [-0.2, 0) is 24.3 Å². The van der Waals surface area contributed by atoms with Crippen molar-refractivity contribution in [3.8, 4) is 6.07 Å². The number of hydrogen-bond acceptors (Lipinski definition) is 6. The van der Waals surface area contributed by atoms with E-state index in [2.05, 4.69) is 4.72 Å². The maximum Gasteiger partial charge on any atom is 0.321 e. The molecule has 0 unspecified atom stereocenters. The van der Waals surface area contributed by atoms with Crippen LogP contribution < -0.4 is 4.72 Å². The Bertz CT molecular complexity index is 816. The monoisotopic (exact) mass is 379 g/mol. The molecule has 1 aromatic carbocycles. The number of carbonyl (C=O) groups is 2. The highest BCUT2D eigenvalue weighted by Crippen LogP contribution is 2.16. The van der Waals surface area contributed by atoms with E-state index in [1.54, 1.807) is 17.0 Å². The summed E-state index contributed by atoms with van der Waals surface area (Å²) < 4.78 is 31.4. The lowest BCUT2D eigenvalue weighted by Crippen LogP contribution is -2.44. The van der Waals surface area contributed by atoms with Crippen molar-refractivity contribution in [3.05, 3.63) is 29.8 Å². The largest absolute Gasteiger partial charge is 0.455 e. The SMILES string of the molecule is C[C@@H]1CCCCN1C(=O)COC(=O)CNS(=O)(=O)c1ccccc1C#N. The van der Waals surface area contributed by atoms with Gasteiger partial charge in [-0.05, 0) is 38.3 Å². The third-order valence-electron chi connectivity index (χ3n) is 4.18. The quantitative estimate of drug-likeness (QED) is 0.730. The topological polar surface area (TPSA) is 117 Å². The Morgan fingerprint density at radius 1 is 1.35 bits per heavy atom.